The first-order valence-corrected chi connectivity index (χ1v) is 7.17. The van der Waals surface area contributed by atoms with Crippen LogP contribution in [0.1, 0.15) is 5.56 Å². The summed E-state index contributed by atoms with van der Waals surface area (Å²) in [6.45, 7) is 3.92. The van der Waals surface area contributed by atoms with Crippen molar-refractivity contribution in [2.45, 2.75) is 0 Å². The molecule has 118 valence electrons. The van der Waals surface area contributed by atoms with Crippen molar-refractivity contribution in [3.63, 3.8) is 0 Å². The number of hydrogen-bond acceptors (Lipinski definition) is 4. The van der Waals surface area contributed by atoms with Crippen LogP contribution in [0.15, 0.2) is 47.4 Å². The first-order valence-electron chi connectivity index (χ1n) is 7.17. The molecule has 0 radical (unpaired) electrons. The molecule has 3 rings (SSSR count). The van der Waals surface area contributed by atoms with Gasteiger partial charge in [-0.25, -0.2) is 0 Å². The van der Waals surface area contributed by atoms with Crippen LogP contribution in [0.4, 0.5) is 0 Å². The van der Waals surface area contributed by atoms with E-state index in [4.69, 9.17) is 18.6 Å². The number of ether oxygens (including phenoxy) is 3. The normalized spacial score (nSPS) is 10.6. The Morgan fingerprint density at radius 1 is 0.913 bits per heavy atom. The number of methoxy groups -OCH3 is 3. The molecule has 0 saturated carbocycles. The Hall–Kier alpha value is -2.88. The molecule has 0 fully saturated rings. The summed E-state index contributed by atoms with van der Waals surface area (Å²) in [5.41, 5.74) is 2.53. The van der Waals surface area contributed by atoms with Gasteiger partial charge in [-0.1, -0.05) is 12.7 Å². The van der Waals surface area contributed by atoms with E-state index >= 15 is 0 Å². The van der Waals surface area contributed by atoms with Crippen LogP contribution < -0.4 is 14.2 Å². The predicted octanol–water partition coefficient (Wildman–Crippen LogP) is 4.77. The molecule has 0 aliphatic heterocycles. The molecule has 0 bridgehead atoms. The van der Waals surface area contributed by atoms with E-state index in [1.54, 1.807) is 27.4 Å². The fourth-order valence-electron chi connectivity index (χ4n) is 2.62. The van der Waals surface area contributed by atoms with Crippen LogP contribution in [0.5, 0.6) is 17.2 Å². The van der Waals surface area contributed by atoms with Gasteiger partial charge in [0.2, 0.25) is 0 Å². The van der Waals surface area contributed by atoms with E-state index in [1.807, 2.05) is 36.4 Å². The summed E-state index contributed by atoms with van der Waals surface area (Å²) in [5.74, 6) is 2.91. The lowest BCUT2D eigenvalue weighted by Gasteiger charge is -2.05. The van der Waals surface area contributed by atoms with Crippen LogP contribution in [0.3, 0.4) is 0 Å². The van der Waals surface area contributed by atoms with E-state index in [9.17, 15) is 0 Å². The van der Waals surface area contributed by atoms with Crippen molar-refractivity contribution in [2.24, 2.45) is 0 Å². The van der Waals surface area contributed by atoms with Gasteiger partial charge in [0.05, 0.1) is 26.7 Å². The molecule has 4 nitrogen and oxygen atoms in total. The lowest BCUT2D eigenvalue weighted by molar-refractivity contribution is 0.397. The minimum atomic E-state index is 0.681. The number of furan rings is 1. The van der Waals surface area contributed by atoms with Crippen LogP contribution in [0, 0.1) is 0 Å². The van der Waals surface area contributed by atoms with Gasteiger partial charge in [0, 0.05) is 23.3 Å². The van der Waals surface area contributed by atoms with Gasteiger partial charge in [0.1, 0.15) is 28.6 Å². The van der Waals surface area contributed by atoms with Crippen molar-refractivity contribution in [3.8, 4) is 28.6 Å². The average Bonchev–Trinajstić information content (AvgIpc) is 2.99. The molecule has 1 heterocycles. The molecule has 0 spiro atoms. The number of fused-ring (bicyclic) bond motifs is 1. The van der Waals surface area contributed by atoms with E-state index in [0.717, 1.165) is 28.0 Å². The van der Waals surface area contributed by atoms with Gasteiger partial charge in [0.25, 0.3) is 0 Å². The van der Waals surface area contributed by atoms with Gasteiger partial charge >= 0.3 is 0 Å². The smallest absolute Gasteiger partial charge is 0.142 e. The topological polar surface area (TPSA) is 40.8 Å². The fraction of sp³-hybridized carbons (Fsp3) is 0.158. The zero-order chi connectivity index (χ0) is 16.4. The Kier molecular flexibility index (Phi) is 3.98. The standard InChI is InChI=1S/C19H18O4/c1-5-15-18-16(22-4)10-14(21-3)11-17(18)23-19(15)12-6-8-13(20-2)9-7-12/h5-11H,1H2,2-4H3. The second-order valence-corrected chi connectivity index (χ2v) is 4.98. The first-order chi connectivity index (χ1) is 11.2. The second-order valence-electron chi connectivity index (χ2n) is 4.98. The van der Waals surface area contributed by atoms with Gasteiger partial charge in [-0.3, -0.25) is 0 Å². The molecule has 2 aromatic carbocycles. The van der Waals surface area contributed by atoms with Crippen molar-refractivity contribution in [3.05, 3.63) is 48.5 Å². The highest BCUT2D eigenvalue weighted by atomic mass is 16.5. The molecule has 3 aromatic rings. The number of benzene rings is 2. The zero-order valence-corrected chi connectivity index (χ0v) is 13.4. The largest absolute Gasteiger partial charge is 0.497 e. The van der Waals surface area contributed by atoms with Crippen molar-refractivity contribution >= 4 is 17.0 Å². The third kappa shape index (κ3) is 2.52. The average molecular weight is 310 g/mol. The van der Waals surface area contributed by atoms with E-state index in [-0.39, 0.29) is 0 Å². The maximum Gasteiger partial charge on any atom is 0.142 e. The van der Waals surface area contributed by atoms with Crippen LogP contribution in [0.25, 0.3) is 28.4 Å². The molecule has 23 heavy (non-hydrogen) atoms. The van der Waals surface area contributed by atoms with Crippen molar-refractivity contribution in [1.29, 1.82) is 0 Å². The monoisotopic (exact) mass is 310 g/mol. The zero-order valence-electron chi connectivity index (χ0n) is 13.4. The molecule has 0 amide bonds. The summed E-state index contributed by atoms with van der Waals surface area (Å²) >= 11 is 0. The highest BCUT2D eigenvalue weighted by molar-refractivity contribution is 5.99. The van der Waals surface area contributed by atoms with E-state index in [0.29, 0.717) is 17.1 Å². The molecule has 0 aliphatic rings. The van der Waals surface area contributed by atoms with Crippen LogP contribution in [-0.2, 0) is 0 Å². The minimum absolute atomic E-state index is 0.681. The lowest BCUT2D eigenvalue weighted by Crippen LogP contribution is -1.88. The Balaban J connectivity index is 2.26. The fourth-order valence-corrected chi connectivity index (χ4v) is 2.62. The van der Waals surface area contributed by atoms with Gasteiger partial charge in [0.15, 0.2) is 0 Å². The third-order valence-corrected chi connectivity index (χ3v) is 3.78. The van der Waals surface area contributed by atoms with Gasteiger partial charge in [-0.15, -0.1) is 0 Å². The van der Waals surface area contributed by atoms with E-state index in [2.05, 4.69) is 6.58 Å². The molecule has 1 aromatic heterocycles. The SMILES string of the molecule is C=Cc1c(-c2ccc(OC)cc2)oc2cc(OC)cc(OC)c12. The first kappa shape index (κ1) is 15.0. The van der Waals surface area contributed by atoms with Gasteiger partial charge in [-0.05, 0) is 24.3 Å². The van der Waals surface area contributed by atoms with Crippen LogP contribution >= 0.6 is 0 Å². The quantitative estimate of drug-likeness (QED) is 0.680. The molecular weight excluding hydrogens is 292 g/mol. The molecule has 0 unspecified atom stereocenters. The summed E-state index contributed by atoms with van der Waals surface area (Å²) < 4.78 is 22.1. The molecule has 0 atom stereocenters. The van der Waals surface area contributed by atoms with Crippen molar-refractivity contribution in [2.75, 3.05) is 21.3 Å². The lowest BCUT2D eigenvalue weighted by atomic mass is 10.0. The minimum Gasteiger partial charge on any atom is -0.497 e. The molecule has 0 N–H and O–H groups in total. The second kappa shape index (κ2) is 6.08. The maximum atomic E-state index is 6.06. The summed E-state index contributed by atoms with van der Waals surface area (Å²) in [5, 5.41) is 0.883. The van der Waals surface area contributed by atoms with Gasteiger partial charge in [-0.2, -0.15) is 0 Å². The summed E-state index contributed by atoms with van der Waals surface area (Å²) in [6.07, 6.45) is 1.78. The number of rotatable bonds is 5. The highest BCUT2D eigenvalue weighted by Crippen LogP contribution is 2.41. The highest BCUT2D eigenvalue weighted by Gasteiger charge is 2.18. The van der Waals surface area contributed by atoms with Crippen molar-refractivity contribution < 1.29 is 18.6 Å². The molecular formula is C19H18O4. The van der Waals surface area contributed by atoms with E-state index in [1.165, 1.54) is 0 Å². The molecule has 0 saturated heterocycles. The number of hydrogen-bond donors (Lipinski definition) is 0. The summed E-state index contributed by atoms with van der Waals surface area (Å²) in [4.78, 5) is 0. The molecule has 0 aliphatic carbocycles. The van der Waals surface area contributed by atoms with Crippen molar-refractivity contribution in [1.82, 2.24) is 0 Å². The Labute approximate surface area is 134 Å². The Bertz CT molecular complexity index is 844. The summed E-state index contributed by atoms with van der Waals surface area (Å²) in [7, 11) is 4.88. The third-order valence-electron chi connectivity index (χ3n) is 3.78. The van der Waals surface area contributed by atoms with E-state index < -0.39 is 0 Å². The maximum absolute atomic E-state index is 6.06. The molecule has 4 heteroatoms. The van der Waals surface area contributed by atoms with Gasteiger partial charge < -0.3 is 18.6 Å². The van der Waals surface area contributed by atoms with Crippen LogP contribution in [0.2, 0.25) is 0 Å². The van der Waals surface area contributed by atoms with Crippen LogP contribution in [-0.4, -0.2) is 21.3 Å². The predicted molar refractivity (Wildman–Crippen MR) is 91.4 cm³/mol. The Morgan fingerprint density at radius 2 is 1.61 bits per heavy atom. The Morgan fingerprint density at radius 3 is 2.17 bits per heavy atom. The summed E-state index contributed by atoms with van der Waals surface area (Å²) in [6, 6.07) is 11.4.